The van der Waals surface area contributed by atoms with Gasteiger partial charge in [-0.15, -0.1) is 0 Å². The summed E-state index contributed by atoms with van der Waals surface area (Å²) >= 11 is 3.48. The number of methoxy groups -OCH3 is 1. The minimum Gasteiger partial charge on any atom is -0.495 e. The van der Waals surface area contributed by atoms with Gasteiger partial charge in [-0.25, -0.2) is 0 Å². The highest BCUT2D eigenvalue weighted by atomic mass is 79.9. The summed E-state index contributed by atoms with van der Waals surface area (Å²) in [6, 6.07) is 7.79. The van der Waals surface area contributed by atoms with Crippen LogP contribution in [0.25, 0.3) is 6.08 Å². The first-order chi connectivity index (χ1) is 8.12. The largest absolute Gasteiger partial charge is 0.495 e. The summed E-state index contributed by atoms with van der Waals surface area (Å²) in [6.07, 6.45) is 2.11. The zero-order valence-electron chi connectivity index (χ0n) is 10.3. The normalized spacial score (nSPS) is 11.4. The summed E-state index contributed by atoms with van der Waals surface area (Å²) < 4.78 is 5.12. The third kappa shape index (κ3) is 3.61. The molecule has 1 aromatic carbocycles. The summed E-state index contributed by atoms with van der Waals surface area (Å²) in [5, 5.41) is 9.86. The van der Waals surface area contributed by atoms with E-state index < -0.39 is 0 Å². The number of rotatable bonds is 4. The quantitative estimate of drug-likeness (QED) is 0.786. The molecule has 1 aromatic rings. The fraction of sp³-hybridized carbons (Fsp3) is 0.357. The van der Waals surface area contributed by atoms with Gasteiger partial charge in [0.15, 0.2) is 0 Å². The second-order valence-corrected chi connectivity index (χ2v) is 4.64. The van der Waals surface area contributed by atoms with Gasteiger partial charge in [-0.05, 0) is 23.6 Å². The molecule has 0 N–H and O–H groups in total. The average Bonchev–Trinajstić information content (AvgIpc) is 2.35. The Morgan fingerprint density at radius 1 is 1.53 bits per heavy atom. The molecule has 3 heteroatoms. The third-order valence-electron chi connectivity index (χ3n) is 2.59. The summed E-state index contributed by atoms with van der Waals surface area (Å²) in [4.78, 5) is 0. The second-order valence-electron chi connectivity index (χ2n) is 4.08. The van der Waals surface area contributed by atoms with Gasteiger partial charge in [0.25, 0.3) is 0 Å². The Labute approximate surface area is 111 Å². The van der Waals surface area contributed by atoms with Crippen LogP contribution in [0.4, 0.5) is 0 Å². The predicted molar refractivity (Wildman–Crippen MR) is 74.3 cm³/mol. The first-order valence-electron chi connectivity index (χ1n) is 5.47. The Hall–Kier alpha value is -1.27. The van der Waals surface area contributed by atoms with E-state index in [1.54, 1.807) is 7.11 Å². The molecule has 0 aliphatic carbocycles. The van der Waals surface area contributed by atoms with Gasteiger partial charge in [-0.2, -0.15) is 5.26 Å². The minimum absolute atomic E-state index is 0.488. The van der Waals surface area contributed by atoms with Crippen molar-refractivity contribution in [3.8, 4) is 11.8 Å². The lowest BCUT2D eigenvalue weighted by Crippen LogP contribution is -1.95. The van der Waals surface area contributed by atoms with E-state index >= 15 is 0 Å². The highest BCUT2D eigenvalue weighted by Crippen LogP contribution is 2.22. The molecule has 1 rings (SSSR count). The van der Waals surface area contributed by atoms with Crippen molar-refractivity contribution in [3.63, 3.8) is 0 Å². The average molecular weight is 294 g/mol. The number of allylic oxidation sites excluding steroid dienone is 1. The zero-order chi connectivity index (χ0) is 12.8. The van der Waals surface area contributed by atoms with Crippen LogP contribution in [0, 0.1) is 17.2 Å². The highest BCUT2D eigenvalue weighted by molar-refractivity contribution is 9.09. The minimum atomic E-state index is 0.488. The number of ether oxygens (including phenoxy) is 1. The fourth-order valence-corrected chi connectivity index (χ4v) is 2.29. The molecule has 0 radical (unpaired) electrons. The lowest BCUT2D eigenvalue weighted by atomic mass is 10.0. The Morgan fingerprint density at radius 3 is 2.71 bits per heavy atom. The number of alkyl halides is 1. The van der Waals surface area contributed by atoms with Crippen LogP contribution in [0.1, 0.15) is 25.0 Å². The van der Waals surface area contributed by atoms with Crippen LogP contribution in [0.3, 0.4) is 0 Å². The van der Waals surface area contributed by atoms with Crippen LogP contribution in [0.15, 0.2) is 23.8 Å². The monoisotopic (exact) mass is 293 g/mol. The van der Waals surface area contributed by atoms with Crippen LogP contribution in [-0.4, -0.2) is 12.4 Å². The molecule has 0 heterocycles. The van der Waals surface area contributed by atoms with E-state index in [9.17, 15) is 0 Å². The highest BCUT2D eigenvalue weighted by Gasteiger charge is 2.05. The molecule has 0 fully saturated rings. The van der Waals surface area contributed by atoms with Gasteiger partial charge in [0.2, 0.25) is 0 Å². The summed E-state index contributed by atoms with van der Waals surface area (Å²) in [6.45, 7) is 4.31. The van der Waals surface area contributed by atoms with Crippen molar-refractivity contribution in [2.24, 2.45) is 5.92 Å². The molecule has 0 spiro atoms. The number of benzene rings is 1. The molecule has 0 aliphatic heterocycles. The first kappa shape index (κ1) is 13.8. The van der Waals surface area contributed by atoms with Gasteiger partial charge < -0.3 is 4.74 Å². The van der Waals surface area contributed by atoms with E-state index in [0.29, 0.717) is 17.2 Å². The van der Waals surface area contributed by atoms with Crippen LogP contribution >= 0.6 is 15.9 Å². The van der Waals surface area contributed by atoms with Crippen molar-refractivity contribution >= 4 is 22.0 Å². The fourth-order valence-electron chi connectivity index (χ4n) is 1.48. The van der Waals surface area contributed by atoms with Gasteiger partial charge in [0, 0.05) is 5.33 Å². The standard InChI is InChI=1S/C14H16BrNO/c1-10(2)12(8-15)6-11-4-5-14(17-3)13(7-11)9-16/h4-7,10H,8H2,1-3H3. The number of halogens is 1. The van der Waals surface area contributed by atoms with Crippen molar-refractivity contribution < 1.29 is 4.74 Å². The van der Waals surface area contributed by atoms with E-state index in [-0.39, 0.29) is 0 Å². The van der Waals surface area contributed by atoms with Crippen LogP contribution in [0.5, 0.6) is 5.75 Å². The number of hydrogen-bond donors (Lipinski definition) is 0. The molecule has 0 aromatic heterocycles. The van der Waals surface area contributed by atoms with Crippen molar-refractivity contribution in [2.75, 3.05) is 12.4 Å². The molecular formula is C14H16BrNO. The maximum atomic E-state index is 9.01. The van der Waals surface area contributed by atoms with Crippen molar-refractivity contribution in [1.82, 2.24) is 0 Å². The topological polar surface area (TPSA) is 33.0 Å². The summed E-state index contributed by atoms with van der Waals surface area (Å²) in [5.41, 5.74) is 2.91. The maximum absolute atomic E-state index is 9.01. The molecule has 17 heavy (non-hydrogen) atoms. The van der Waals surface area contributed by atoms with Gasteiger partial charge in [0.05, 0.1) is 12.7 Å². The SMILES string of the molecule is COc1ccc(C=C(CBr)C(C)C)cc1C#N. The van der Waals surface area contributed by atoms with Gasteiger partial charge in [0.1, 0.15) is 11.8 Å². The lowest BCUT2D eigenvalue weighted by Gasteiger charge is -2.09. The number of hydrogen-bond acceptors (Lipinski definition) is 2. The maximum Gasteiger partial charge on any atom is 0.136 e. The molecule has 0 unspecified atom stereocenters. The molecular weight excluding hydrogens is 278 g/mol. The molecule has 0 saturated heterocycles. The van der Waals surface area contributed by atoms with Crippen LogP contribution in [-0.2, 0) is 0 Å². The van der Waals surface area contributed by atoms with E-state index in [4.69, 9.17) is 10.00 Å². The Morgan fingerprint density at radius 2 is 2.24 bits per heavy atom. The number of nitrogens with zero attached hydrogens (tertiary/aromatic N) is 1. The Balaban J connectivity index is 3.13. The van der Waals surface area contributed by atoms with Crippen LogP contribution in [0.2, 0.25) is 0 Å². The van der Waals surface area contributed by atoms with E-state index in [1.807, 2.05) is 18.2 Å². The zero-order valence-corrected chi connectivity index (χ0v) is 11.9. The molecule has 0 aliphatic rings. The molecule has 0 amide bonds. The Bertz CT molecular complexity index is 458. The molecule has 0 saturated carbocycles. The third-order valence-corrected chi connectivity index (χ3v) is 3.24. The van der Waals surface area contributed by atoms with E-state index in [0.717, 1.165) is 10.9 Å². The van der Waals surface area contributed by atoms with Crippen LogP contribution < -0.4 is 4.74 Å². The summed E-state index contributed by atoms with van der Waals surface area (Å²) in [7, 11) is 1.57. The molecule has 90 valence electrons. The van der Waals surface area contributed by atoms with E-state index in [2.05, 4.69) is 41.9 Å². The van der Waals surface area contributed by atoms with Gasteiger partial charge in [-0.1, -0.05) is 47.5 Å². The van der Waals surface area contributed by atoms with E-state index in [1.165, 1.54) is 5.57 Å². The van der Waals surface area contributed by atoms with Crippen molar-refractivity contribution in [3.05, 3.63) is 34.9 Å². The lowest BCUT2D eigenvalue weighted by molar-refractivity contribution is 0.413. The molecule has 2 nitrogen and oxygen atoms in total. The molecule has 0 atom stereocenters. The number of nitriles is 1. The smallest absolute Gasteiger partial charge is 0.136 e. The summed E-state index contributed by atoms with van der Waals surface area (Å²) in [5.74, 6) is 1.11. The van der Waals surface area contributed by atoms with Gasteiger partial charge >= 0.3 is 0 Å². The second kappa shape index (κ2) is 6.46. The first-order valence-corrected chi connectivity index (χ1v) is 6.59. The van der Waals surface area contributed by atoms with Gasteiger partial charge in [-0.3, -0.25) is 0 Å². The van der Waals surface area contributed by atoms with Crippen molar-refractivity contribution in [1.29, 1.82) is 5.26 Å². The Kier molecular flexibility index (Phi) is 5.24. The molecule has 0 bridgehead atoms. The van der Waals surface area contributed by atoms with Crippen molar-refractivity contribution in [2.45, 2.75) is 13.8 Å². The predicted octanol–water partition coefficient (Wildman–Crippen LogP) is 4.00.